The maximum Gasteiger partial charge on any atom is 0.242 e. The fourth-order valence-electron chi connectivity index (χ4n) is 3.80. The Kier molecular flexibility index (Phi) is 6.32. The van der Waals surface area contributed by atoms with Crippen LogP contribution in [0.15, 0.2) is 24.3 Å². The van der Waals surface area contributed by atoms with Crippen molar-refractivity contribution in [2.45, 2.75) is 44.2 Å². The molecule has 1 atom stereocenters. The summed E-state index contributed by atoms with van der Waals surface area (Å²) in [6.07, 6.45) is 6.66. The molecule has 0 aromatic heterocycles. The van der Waals surface area contributed by atoms with Gasteiger partial charge in [-0.1, -0.05) is 43.0 Å². The van der Waals surface area contributed by atoms with Crippen LogP contribution in [0.3, 0.4) is 0 Å². The van der Waals surface area contributed by atoms with Crippen molar-refractivity contribution in [2.24, 2.45) is 0 Å². The van der Waals surface area contributed by atoms with Gasteiger partial charge in [0.1, 0.15) is 6.04 Å². The fraction of sp³-hybridized carbons (Fsp3) is 0.579. The Balaban J connectivity index is 1.74. The number of nitrogens with one attached hydrogen (secondary N) is 1. The van der Waals surface area contributed by atoms with Crippen molar-refractivity contribution in [2.75, 3.05) is 26.2 Å². The Morgan fingerprint density at radius 1 is 1.08 bits per heavy atom. The SMILES string of the molecule is O=CN1CCN([C@H](C(=O)NC2CCCCC2)c2ccc(Cl)cc2)CC1. The van der Waals surface area contributed by atoms with Crippen LogP contribution in [-0.4, -0.2) is 54.3 Å². The highest BCUT2D eigenvalue weighted by molar-refractivity contribution is 6.30. The third kappa shape index (κ3) is 4.73. The average Bonchev–Trinajstić information content (AvgIpc) is 2.65. The number of rotatable bonds is 5. The van der Waals surface area contributed by atoms with Crippen molar-refractivity contribution in [1.29, 1.82) is 0 Å². The minimum Gasteiger partial charge on any atom is -0.352 e. The third-order valence-corrected chi connectivity index (χ3v) is 5.50. The molecule has 0 radical (unpaired) electrons. The topological polar surface area (TPSA) is 52.7 Å². The first-order valence-electron chi connectivity index (χ1n) is 9.16. The molecule has 2 fully saturated rings. The van der Waals surface area contributed by atoms with Crippen LogP contribution in [0.2, 0.25) is 5.02 Å². The van der Waals surface area contributed by atoms with E-state index in [1.165, 1.54) is 19.3 Å². The smallest absolute Gasteiger partial charge is 0.242 e. The van der Waals surface area contributed by atoms with Gasteiger partial charge in [-0.2, -0.15) is 0 Å². The lowest BCUT2D eigenvalue weighted by molar-refractivity contribution is -0.129. The zero-order valence-corrected chi connectivity index (χ0v) is 15.3. The molecule has 3 rings (SSSR count). The lowest BCUT2D eigenvalue weighted by atomic mass is 9.94. The number of piperazine rings is 1. The number of carbonyl (C=O) groups excluding carboxylic acids is 2. The summed E-state index contributed by atoms with van der Waals surface area (Å²) in [6, 6.07) is 7.48. The molecule has 1 N–H and O–H groups in total. The van der Waals surface area contributed by atoms with Crippen LogP contribution in [0.5, 0.6) is 0 Å². The minimum atomic E-state index is -0.326. The first-order chi connectivity index (χ1) is 12.2. The summed E-state index contributed by atoms with van der Waals surface area (Å²) in [7, 11) is 0. The number of hydrogen-bond donors (Lipinski definition) is 1. The monoisotopic (exact) mass is 363 g/mol. The molecule has 1 saturated heterocycles. The van der Waals surface area contributed by atoms with Crippen LogP contribution in [0, 0.1) is 0 Å². The second kappa shape index (κ2) is 8.68. The van der Waals surface area contributed by atoms with Gasteiger partial charge < -0.3 is 10.2 Å². The summed E-state index contributed by atoms with van der Waals surface area (Å²) in [5.74, 6) is 0.0637. The molecule has 1 aromatic carbocycles. The number of nitrogens with zero attached hydrogens (tertiary/aromatic N) is 2. The van der Waals surface area contributed by atoms with Gasteiger partial charge in [0.15, 0.2) is 0 Å². The molecule has 0 unspecified atom stereocenters. The summed E-state index contributed by atoms with van der Waals surface area (Å²) in [4.78, 5) is 28.0. The molecule has 1 aliphatic heterocycles. The van der Waals surface area contributed by atoms with Gasteiger partial charge in [0.25, 0.3) is 0 Å². The van der Waals surface area contributed by atoms with E-state index in [4.69, 9.17) is 11.6 Å². The molecular formula is C19H26ClN3O2. The van der Waals surface area contributed by atoms with Gasteiger partial charge in [0.2, 0.25) is 12.3 Å². The van der Waals surface area contributed by atoms with E-state index >= 15 is 0 Å². The van der Waals surface area contributed by atoms with E-state index in [0.29, 0.717) is 31.2 Å². The number of halogens is 1. The summed E-state index contributed by atoms with van der Waals surface area (Å²) in [6.45, 7) is 2.71. The van der Waals surface area contributed by atoms with Gasteiger partial charge in [-0.25, -0.2) is 0 Å². The largest absolute Gasteiger partial charge is 0.352 e. The van der Waals surface area contributed by atoms with Crippen LogP contribution < -0.4 is 5.32 Å². The van der Waals surface area contributed by atoms with Crippen molar-refractivity contribution >= 4 is 23.9 Å². The first-order valence-corrected chi connectivity index (χ1v) is 9.54. The van der Waals surface area contributed by atoms with Crippen molar-refractivity contribution < 1.29 is 9.59 Å². The molecule has 0 spiro atoms. The second-order valence-corrected chi connectivity index (χ2v) is 7.41. The van der Waals surface area contributed by atoms with Crippen LogP contribution in [-0.2, 0) is 9.59 Å². The Labute approximate surface area is 154 Å². The Morgan fingerprint density at radius 3 is 2.32 bits per heavy atom. The van der Waals surface area contributed by atoms with Gasteiger partial charge in [0.05, 0.1) is 0 Å². The first kappa shape index (κ1) is 18.2. The molecular weight excluding hydrogens is 338 g/mol. The molecule has 1 heterocycles. The quantitative estimate of drug-likeness (QED) is 0.818. The zero-order valence-electron chi connectivity index (χ0n) is 14.5. The van der Waals surface area contributed by atoms with E-state index in [-0.39, 0.29) is 18.0 Å². The molecule has 136 valence electrons. The molecule has 1 saturated carbocycles. The predicted octanol–water partition coefficient (Wildman–Crippen LogP) is 2.60. The standard InChI is InChI=1S/C19H26ClN3O2/c20-16-8-6-15(7-9-16)18(23-12-10-22(14-24)11-13-23)19(25)21-17-4-2-1-3-5-17/h6-9,14,17-18H,1-5,10-13H2,(H,21,25)/t18-/m0/s1. The van der Waals surface area contributed by atoms with E-state index in [1.54, 1.807) is 4.90 Å². The van der Waals surface area contributed by atoms with Gasteiger partial charge in [-0.3, -0.25) is 14.5 Å². The Hall–Kier alpha value is -1.59. The molecule has 25 heavy (non-hydrogen) atoms. The van der Waals surface area contributed by atoms with Gasteiger partial charge in [0, 0.05) is 37.2 Å². The van der Waals surface area contributed by atoms with E-state index in [0.717, 1.165) is 24.8 Å². The van der Waals surface area contributed by atoms with Crippen molar-refractivity contribution in [3.63, 3.8) is 0 Å². The highest BCUT2D eigenvalue weighted by atomic mass is 35.5. The lowest BCUT2D eigenvalue weighted by Crippen LogP contribution is -2.51. The van der Waals surface area contributed by atoms with Crippen LogP contribution in [0.4, 0.5) is 0 Å². The number of carbonyl (C=O) groups is 2. The molecule has 5 nitrogen and oxygen atoms in total. The number of hydrogen-bond acceptors (Lipinski definition) is 3. The Bertz CT molecular complexity index is 579. The summed E-state index contributed by atoms with van der Waals surface area (Å²) in [5.41, 5.74) is 0.956. The second-order valence-electron chi connectivity index (χ2n) is 6.97. The maximum atomic E-state index is 13.1. The van der Waals surface area contributed by atoms with Crippen molar-refractivity contribution in [3.05, 3.63) is 34.9 Å². The predicted molar refractivity (Wildman–Crippen MR) is 98.4 cm³/mol. The van der Waals surface area contributed by atoms with Gasteiger partial charge in [-0.05, 0) is 30.5 Å². The van der Waals surface area contributed by atoms with Crippen LogP contribution in [0.1, 0.15) is 43.7 Å². The number of benzene rings is 1. The third-order valence-electron chi connectivity index (χ3n) is 5.25. The van der Waals surface area contributed by atoms with E-state index in [1.807, 2.05) is 24.3 Å². The highest BCUT2D eigenvalue weighted by Crippen LogP contribution is 2.25. The van der Waals surface area contributed by atoms with Crippen molar-refractivity contribution in [3.8, 4) is 0 Å². The maximum absolute atomic E-state index is 13.1. The molecule has 2 amide bonds. The molecule has 1 aromatic rings. The van der Waals surface area contributed by atoms with Crippen LogP contribution in [0.25, 0.3) is 0 Å². The zero-order chi connectivity index (χ0) is 17.6. The van der Waals surface area contributed by atoms with Crippen LogP contribution >= 0.6 is 11.6 Å². The molecule has 1 aliphatic carbocycles. The normalized spacial score (nSPS) is 20.9. The summed E-state index contributed by atoms with van der Waals surface area (Å²) >= 11 is 6.02. The number of amides is 2. The van der Waals surface area contributed by atoms with E-state index in [9.17, 15) is 9.59 Å². The lowest BCUT2D eigenvalue weighted by Gasteiger charge is -2.38. The van der Waals surface area contributed by atoms with Gasteiger partial charge in [-0.15, -0.1) is 0 Å². The molecule has 0 bridgehead atoms. The van der Waals surface area contributed by atoms with E-state index < -0.39 is 0 Å². The minimum absolute atomic E-state index is 0.0637. The molecule has 2 aliphatic rings. The summed E-state index contributed by atoms with van der Waals surface area (Å²) in [5, 5.41) is 3.93. The highest BCUT2D eigenvalue weighted by Gasteiger charge is 2.31. The van der Waals surface area contributed by atoms with Gasteiger partial charge >= 0.3 is 0 Å². The summed E-state index contributed by atoms with van der Waals surface area (Å²) < 4.78 is 0. The average molecular weight is 364 g/mol. The Morgan fingerprint density at radius 2 is 1.72 bits per heavy atom. The van der Waals surface area contributed by atoms with E-state index in [2.05, 4.69) is 10.2 Å². The van der Waals surface area contributed by atoms with Crippen molar-refractivity contribution in [1.82, 2.24) is 15.1 Å². The fourth-order valence-corrected chi connectivity index (χ4v) is 3.93. The molecule has 6 heteroatoms.